The first kappa shape index (κ1) is 13.3. The number of anilines is 1. The van der Waals surface area contributed by atoms with Crippen molar-refractivity contribution in [2.24, 2.45) is 0 Å². The SMILES string of the molecule is Cc1cc(C(=O)Nc2nnc(-c3cccc(Cl)c3)o2)no1. The van der Waals surface area contributed by atoms with E-state index in [1.807, 2.05) is 0 Å². The molecular weight excluding hydrogens is 296 g/mol. The lowest BCUT2D eigenvalue weighted by molar-refractivity contribution is 0.101. The fourth-order valence-electron chi connectivity index (χ4n) is 1.65. The number of benzene rings is 1. The first-order chi connectivity index (χ1) is 10.1. The van der Waals surface area contributed by atoms with Gasteiger partial charge in [0.05, 0.1) is 0 Å². The molecule has 0 aliphatic heterocycles. The Morgan fingerprint density at radius 2 is 2.14 bits per heavy atom. The number of hydrogen-bond acceptors (Lipinski definition) is 6. The van der Waals surface area contributed by atoms with E-state index in [9.17, 15) is 4.79 Å². The summed E-state index contributed by atoms with van der Waals surface area (Å²) in [7, 11) is 0. The molecule has 0 radical (unpaired) electrons. The maximum Gasteiger partial charge on any atom is 0.322 e. The summed E-state index contributed by atoms with van der Waals surface area (Å²) in [5.74, 6) is 0.294. The molecule has 2 heterocycles. The standard InChI is InChI=1S/C13H9ClN4O3/c1-7-5-10(18-21-7)11(19)15-13-17-16-12(20-13)8-3-2-4-9(14)6-8/h2-6H,1H3,(H,15,17,19). The van der Waals surface area contributed by atoms with E-state index in [1.54, 1.807) is 31.2 Å². The Morgan fingerprint density at radius 1 is 1.29 bits per heavy atom. The van der Waals surface area contributed by atoms with Gasteiger partial charge in [0.15, 0.2) is 5.69 Å². The lowest BCUT2D eigenvalue weighted by atomic mass is 10.2. The molecule has 21 heavy (non-hydrogen) atoms. The van der Waals surface area contributed by atoms with Gasteiger partial charge in [-0.3, -0.25) is 10.1 Å². The van der Waals surface area contributed by atoms with E-state index >= 15 is 0 Å². The lowest BCUT2D eigenvalue weighted by Gasteiger charge is -1.96. The van der Waals surface area contributed by atoms with Crippen molar-refractivity contribution in [2.45, 2.75) is 6.92 Å². The van der Waals surface area contributed by atoms with Crippen LogP contribution in [-0.4, -0.2) is 21.3 Å². The monoisotopic (exact) mass is 304 g/mol. The van der Waals surface area contributed by atoms with Gasteiger partial charge in [0, 0.05) is 16.7 Å². The van der Waals surface area contributed by atoms with Crippen LogP contribution in [0.1, 0.15) is 16.2 Å². The average Bonchev–Trinajstić information content (AvgIpc) is 3.08. The highest BCUT2D eigenvalue weighted by Gasteiger charge is 2.15. The van der Waals surface area contributed by atoms with Crippen molar-refractivity contribution in [2.75, 3.05) is 5.32 Å². The summed E-state index contributed by atoms with van der Waals surface area (Å²) in [4.78, 5) is 11.8. The molecule has 0 atom stereocenters. The van der Waals surface area contributed by atoms with Gasteiger partial charge in [-0.15, -0.1) is 5.10 Å². The number of amides is 1. The first-order valence-corrected chi connectivity index (χ1v) is 6.34. The van der Waals surface area contributed by atoms with Gasteiger partial charge in [-0.2, -0.15) is 0 Å². The molecule has 0 aliphatic rings. The van der Waals surface area contributed by atoms with Crippen LogP contribution in [0.5, 0.6) is 0 Å². The van der Waals surface area contributed by atoms with Gasteiger partial charge in [-0.05, 0) is 25.1 Å². The molecule has 0 aliphatic carbocycles. The van der Waals surface area contributed by atoms with Crippen LogP contribution >= 0.6 is 11.6 Å². The molecule has 1 N–H and O–H groups in total. The lowest BCUT2D eigenvalue weighted by Crippen LogP contribution is -2.12. The summed E-state index contributed by atoms with van der Waals surface area (Å²) in [5, 5.41) is 14.2. The van der Waals surface area contributed by atoms with E-state index in [4.69, 9.17) is 20.5 Å². The largest absolute Gasteiger partial charge is 0.403 e. The van der Waals surface area contributed by atoms with Crippen molar-refractivity contribution < 1.29 is 13.7 Å². The highest BCUT2D eigenvalue weighted by Crippen LogP contribution is 2.22. The summed E-state index contributed by atoms with van der Waals surface area (Å²) in [6, 6.07) is 8.42. The number of nitrogens with zero attached hydrogens (tertiary/aromatic N) is 3. The van der Waals surface area contributed by atoms with E-state index in [1.165, 1.54) is 6.07 Å². The molecule has 3 rings (SSSR count). The predicted octanol–water partition coefficient (Wildman–Crippen LogP) is 2.94. The maximum absolute atomic E-state index is 11.8. The summed E-state index contributed by atoms with van der Waals surface area (Å²) < 4.78 is 10.2. The Balaban J connectivity index is 1.78. The summed E-state index contributed by atoms with van der Waals surface area (Å²) in [6.45, 7) is 1.69. The average molecular weight is 305 g/mol. The molecule has 0 spiro atoms. The van der Waals surface area contributed by atoms with E-state index in [0.717, 1.165) is 0 Å². The van der Waals surface area contributed by atoms with Crippen LogP contribution in [0, 0.1) is 6.92 Å². The van der Waals surface area contributed by atoms with Crippen molar-refractivity contribution in [3.05, 3.63) is 46.8 Å². The second-order valence-corrected chi connectivity index (χ2v) is 4.64. The number of halogens is 1. The Hall–Kier alpha value is -2.67. The van der Waals surface area contributed by atoms with Crippen molar-refractivity contribution in [3.8, 4) is 11.5 Å². The third-order valence-electron chi connectivity index (χ3n) is 2.58. The van der Waals surface area contributed by atoms with E-state index in [0.29, 0.717) is 16.3 Å². The van der Waals surface area contributed by atoms with Crippen molar-refractivity contribution in [1.82, 2.24) is 15.4 Å². The molecule has 0 unspecified atom stereocenters. The van der Waals surface area contributed by atoms with Crippen LogP contribution in [0.15, 0.2) is 39.3 Å². The highest BCUT2D eigenvalue weighted by molar-refractivity contribution is 6.30. The van der Waals surface area contributed by atoms with Crippen molar-refractivity contribution in [3.63, 3.8) is 0 Å². The number of carbonyl (C=O) groups is 1. The van der Waals surface area contributed by atoms with Crippen LogP contribution in [0.2, 0.25) is 5.02 Å². The quantitative estimate of drug-likeness (QED) is 0.799. The van der Waals surface area contributed by atoms with Crippen LogP contribution < -0.4 is 5.32 Å². The second kappa shape index (κ2) is 5.37. The van der Waals surface area contributed by atoms with Crippen molar-refractivity contribution in [1.29, 1.82) is 0 Å². The fourth-order valence-corrected chi connectivity index (χ4v) is 1.84. The van der Waals surface area contributed by atoms with Crippen molar-refractivity contribution >= 4 is 23.5 Å². The molecular formula is C13H9ClN4O3. The number of rotatable bonds is 3. The molecule has 1 aromatic carbocycles. The van der Waals surface area contributed by atoms with Gasteiger partial charge >= 0.3 is 6.01 Å². The second-order valence-electron chi connectivity index (χ2n) is 4.20. The summed E-state index contributed by atoms with van der Waals surface area (Å²) in [5.41, 5.74) is 0.794. The molecule has 3 aromatic rings. The van der Waals surface area contributed by atoms with Gasteiger partial charge in [0.25, 0.3) is 5.91 Å². The zero-order valence-electron chi connectivity index (χ0n) is 10.8. The van der Waals surface area contributed by atoms with E-state index in [-0.39, 0.29) is 17.6 Å². The molecule has 1 amide bonds. The van der Waals surface area contributed by atoms with Gasteiger partial charge < -0.3 is 8.94 Å². The number of carbonyl (C=O) groups excluding carboxylic acids is 1. The van der Waals surface area contributed by atoms with Crippen LogP contribution in [0.4, 0.5) is 6.01 Å². The first-order valence-electron chi connectivity index (χ1n) is 5.96. The molecule has 7 nitrogen and oxygen atoms in total. The van der Waals surface area contributed by atoms with Gasteiger partial charge in [0.1, 0.15) is 5.76 Å². The van der Waals surface area contributed by atoms with Gasteiger partial charge in [0.2, 0.25) is 5.89 Å². The number of aromatic nitrogens is 3. The Bertz CT molecular complexity index is 796. The van der Waals surface area contributed by atoms with Crippen LogP contribution in [0.25, 0.3) is 11.5 Å². The molecule has 0 bridgehead atoms. The molecule has 2 aromatic heterocycles. The smallest absolute Gasteiger partial charge is 0.322 e. The van der Waals surface area contributed by atoms with Gasteiger partial charge in [-0.1, -0.05) is 27.9 Å². The zero-order chi connectivity index (χ0) is 14.8. The minimum atomic E-state index is -0.492. The number of aryl methyl sites for hydroxylation is 1. The maximum atomic E-state index is 11.8. The predicted molar refractivity (Wildman–Crippen MR) is 73.9 cm³/mol. The number of hydrogen-bond donors (Lipinski definition) is 1. The molecule has 0 saturated carbocycles. The Morgan fingerprint density at radius 3 is 2.86 bits per heavy atom. The third-order valence-corrected chi connectivity index (χ3v) is 2.81. The topological polar surface area (TPSA) is 94.1 Å². The fraction of sp³-hybridized carbons (Fsp3) is 0.0769. The molecule has 106 valence electrons. The molecule has 0 fully saturated rings. The zero-order valence-corrected chi connectivity index (χ0v) is 11.6. The normalized spacial score (nSPS) is 10.6. The van der Waals surface area contributed by atoms with Gasteiger partial charge in [-0.25, -0.2) is 0 Å². The van der Waals surface area contributed by atoms with E-state index in [2.05, 4.69) is 20.7 Å². The van der Waals surface area contributed by atoms with Crippen LogP contribution in [-0.2, 0) is 0 Å². The van der Waals surface area contributed by atoms with E-state index < -0.39 is 5.91 Å². The van der Waals surface area contributed by atoms with Crippen LogP contribution in [0.3, 0.4) is 0 Å². The minimum Gasteiger partial charge on any atom is -0.403 e. The summed E-state index contributed by atoms with van der Waals surface area (Å²) >= 11 is 5.89. The third kappa shape index (κ3) is 2.92. The number of nitrogens with one attached hydrogen (secondary N) is 1. The minimum absolute atomic E-state index is 0.0318. The Labute approximate surface area is 123 Å². The highest BCUT2D eigenvalue weighted by atomic mass is 35.5. The summed E-state index contributed by atoms with van der Waals surface area (Å²) in [6.07, 6.45) is 0. The Kier molecular flexibility index (Phi) is 3.41. The molecule has 8 heteroatoms. The molecule has 0 saturated heterocycles.